The van der Waals surface area contributed by atoms with E-state index in [0.717, 1.165) is 68.3 Å². The molecule has 1 aromatic heterocycles. The Morgan fingerprint density at radius 2 is 2.18 bits per heavy atom. The van der Waals surface area contributed by atoms with Gasteiger partial charge in [0.05, 0.1) is 11.0 Å². The number of fused-ring (bicyclic) bond motifs is 1. The molecule has 1 aromatic carbocycles. The molecule has 1 aliphatic heterocycles. The number of rotatable bonds is 7. The van der Waals surface area contributed by atoms with Crippen LogP contribution < -0.4 is 10.6 Å². The summed E-state index contributed by atoms with van der Waals surface area (Å²) in [6, 6.07) is 8.36. The number of hydrogen-bond donors (Lipinski definition) is 3. The molecule has 28 heavy (non-hydrogen) atoms. The predicted octanol–water partition coefficient (Wildman–Crippen LogP) is 2.68. The fourth-order valence-electron chi connectivity index (χ4n) is 3.40. The summed E-state index contributed by atoms with van der Waals surface area (Å²) in [6.07, 6.45) is 3.35. The van der Waals surface area contributed by atoms with Crippen molar-refractivity contribution in [2.24, 2.45) is 4.99 Å². The first-order chi connectivity index (χ1) is 13.2. The summed E-state index contributed by atoms with van der Waals surface area (Å²) in [4.78, 5) is 26.4. The molecular weight excluding hydrogens is 467 g/mol. The van der Waals surface area contributed by atoms with Crippen molar-refractivity contribution in [3.8, 4) is 0 Å². The molecule has 1 amide bonds. The number of halogens is 1. The molecule has 2 aromatic rings. The highest BCUT2D eigenvalue weighted by Crippen LogP contribution is 2.12. The average Bonchev–Trinajstić information content (AvgIpc) is 3.31. The Balaban J connectivity index is 0.00000280. The van der Waals surface area contributed by atoms with Crippen LogP contribution in [-0.2, 0) is 11.2 Å². The Labute approximate surface area is 183 Å². The van der Waals surface area contributed by atoms with E-state index >= 15 is 0 Å². The zero-order valence-corrected chi connectivity index (χ0v) is 19.0. The molecule has 0 bridgehead atoms. The first-order valence-corrected chi connectivity index (χ1v) is 9.95. The number of H-pyrrole nitrogens is 1. The van der Waals surface area contributed by atoms with Gasteiger partial charge in [-0.05, 0) is 31.9 Å². The van der Waals surface area contributed by atoms with Crippen LogP contribution in [-0.4, -0.2) is 59.0 Å². The number of aliphatic imine (C=N–C) groups is 1. The minimum atomic E-state index is 0. The van der Waals surface area contributed by atoms with Crippen LogP contribution in [0.25, 0.3) is 11.0 Å². The summed E-state index contributed by atoms with van der Waals surface area (Å²) in [5.41, 5.74) is 2.09. The quantitative estimate of drug-likeness (QED) is 0.237. The lowest BCUT2D eigenvalue weighted by atomic mass is 10.3. The van der Waals surface area contributed by atoms with Gasteiger partial charge in [0.15, 0.2) is 5.96 Å². The minimum absolute atomic E-state index is 0. The molecule has 3 N–H and O–H groups in total. The third-order valence-electron chi connectivity index (χ3n) is 4.81. The van der Waals surface area contributed by atoms with E-state index in [9.17, 15) is 4.79 Å². The van der Waals surface area contributed by atoms with Crippen LogP contribution in [0.5, 0.6) is 0 Å². The highest BCUT2D eigenvalue weighted by atomic mass is 127. The second-order valence-corrected chi connectivity index (χ2v) is 6.89. The minimum Gasteiger partial charge on any atom is -0.357 e. The number of amides is 1. The summed E-state index contributed by atoms with van der Waals surface area (Å²) in [5.74, 6) is 2.07. The molecule has 1 unspecified atom stereocenters. The maximum absolute atomic E-state index is 11.8. The largest absolute Gasteiger partial charge is 0.357 e. The van der Waals surface area contributed by atoms with E-state index in [1.807, 2.05) is 36.1 Å². The molecule has 0 radical (unpaired) electrons. The molecule has 3 rings (SSSR count). The molecule has 0 saturated carbocycles. The van der Waals surface area contributed by atoms with Crippen LogP contribution in [0.3, 0.4) is 0 Å². The van der Waals surface area contributed by atoms with Crippen molar-refractivity contribution in [2.75, 3.05) is 26.2 Å². The Morgan fingerprint density at radius 3 is 2.93 bits per heavy atom. The van der Waals surface area contributed by atoms with E-state index in [1.54, 1.807) is 0 Å². The molecule has 1 saturated heterocycles. The van der Waals surface area contributed by atoms with Gasteiger partial charge in [-0.2, -0.15) is 0 Å². The molecule has 0 aliphatic carbocycles. The number of carbonyl (C=O) groups is 1. The lowest BCUT2D eigenvalue weighted by Gasteiger charge is -2.18. The summed E-state index contributed by atoms with van der Waals surface area (Å²) in [5, 5.41) is 6.77. The van der Waals surface area contributed by atoms with Crippen LogP contribution >= 0.6 is 24.0 Å². The zero-order valence-electron chi connectivity index (χ0n) is 16.7. The maximum Gasteiger partial charge on any atom is 0.222 e. The van der Waals surface area contributed by atoms with Gasteiger partial charge < -0.3 is 20.5 Å². The van der Waals surface area contributed by atoms with Crippen molar-refractivity contribution in [3.63, 3.8) is 0 Å². The molecular formula is C20H31IN6O. The fourth-order valence-corrected chi connectivity index (χ4v) is 3.40. The summed E-state index contributed by atoms with van der Waals surface area (Å²) < 4.78 is 0. The zero-order chi connectivity index (χ0) is 19.1. The second kappa shape index (κ2) is 11.2. The van der Waals surface area contributed by atoms with Gasteiger partial charge in [0.2, 0.25) is 5.91 Å². The van der Waals surface area contributed by atoms with Gasteiger partial charge in [-0.1, -0.05) is 19.1 Å². The van der Waals surface area contributed by atoms with Crippen molar-refractivity contribution in [3.05, 3.63) is 30.1 Å². The number of nitrogens with zero attached hydrogens (tertiary/aromatic N) is 3. The number of benzene rings is 1. The average molecular weight is 498 g/mol. The Bertz CT molecular complexity index is 757. The standard InChI is InChI=1S/C20H30N6O.HI/c1-3-19(27)26-13-11-15(14-26)23-20(21-4-2)22-12-7-10-18-24-16-8-5-6-9-17(16)25-18;/h5-6,8-9,15H,3-4,7,10-14H2,1-2H3,(H,24,25)(H2,21,22,23);1H. The van der Waals surface area contributed by atoms with Gasteiger partial charge in [-0.25, -0.2) is 4.98 Å². The molecule has 1 fully saturated rings. The number of nitrogens with one attached hydrogen (secondary N) is 3. The number of imidazole rings is 1. The first kappa shape index (κ1) is 22.4. The number of guanidine groups is 1. The van der Waals surface area contributed by atoms with Crippen molar-refractivity contribution >= 4 is 46.9 Å². The van der Waals surface area contributed by atoms with Gasteiger partial charge in [-0.3, -0.25) is 9.79 Å². The molecule has 154 valence electrons. The van der Waals surface area contributed by atoms with E-state index in [1.165, 1.54) is 0 Å². The summed E-state index contributed by atoms with van der Waals surface area (Å²) in [6.45, 7) is 7.12. The van der Waals surface area contributed by atoms with Crippen LogP contribution in [0, 0.1) is 0 Å². The third kappa shape index (κ3) is 6.08. The second-order valence-electron chi connectivity index (χ2n) is 6.89. The molecule has 7 nitrogen and oxygen atoms in total. The van der Waals surface area contributed by atoms with Crippen molar-refractivity contribution in [2.45, 2.75) is 45.6 Å². The van der Waals surface area contributed by atoms with Gasteiger partial charge in [-0.15, -0.1) is 24.0 Å². The highest BCUT2D eigenvalue weighted by Gasteiger charge is 2.25. The van der Waals surface area contributed by atoms with E-state index in [-0.39, 0.29) is 35.9 Å². The Hall–Kier alpha value is -1.84. The summed E-state index contributed by atoms with van der Waals surface area (Å²) in [7, 11) is 0. The first-order valence-electron chi connectivity index (χ1n) is 9.95. The van der Waals surface area contributed by atoms with Crippen LogP contribution in [0.15, 0.2) is 29.3 Å². The number of aryl methyl sites for hydroxylation is 1. The monoisotopic (exact) mass is 498 g/mol. The van der Waals surface area contributed by atoms with E-state index in [0.29, 0.717) is 6.42 Å². The normalized spacial score (nSPS) is 16.9. The van der Waals surface area contributed by atoms with Gasteiger partial charge in [0, 0.05) is 45.1 Å². The van der Waals surface area contributed by atoms with E-state index in [4.69, 9.17) is 0 Å². The lowest BCUT2D eigenvalue weighted by Crippen LogP contribution is -2.45. The number of likely N-dealkylation sites (tertiary alicyclic amines) is 1. The topological polar surface area (TPSA) is 85.4 Å². The van der Waals surface area contributed by atoms with Gasteiger partial charge in [0.25, 0.3) is 0 Å². The van der Waals surface area contributed by atoms with Crippen LogP contribution in [0.2, 0.25) is 0 Å². The Morgan fingerprint density at radius 1 is 1.36 bits per heavy atom. The molecule has 0 spiro atoms. The SMILES string of the molecule is CCNC(=NCCCc1nc2ccccc2[nH]1)NC1CCN(C(=O)CC)C1.I. The van der Waals surface area contributed by atoms with E-state index in [2.05, 4.69) is 32.5 Å². The van der Waals surface area contributed by atoms with Crippen molar-refractivity contribution in [1.82, 2.24) is 25.5 Å². The third-order valence-corrected chi connectivity index (χ3v) is 4.81. The van der Waals surface area contributed by atoms with Crippen molar-refractivity contribution < 1.29 is 4.79 Å². The smallest absolute Gasteiger partial charge is 0.222 e. The highest BCUT2D eigenvalue weighted by molar-refractivity contribution is 14.0. The molecule has 2 heterocycles. The van der Waals surface area contributed by atoms with Crippen LogP contribution in [0.4, 0.5) is 0 Å². The molecule has 1 atom stereocenters. The summed E-state index contributed by atoms with van der Waals surface area (Å²) >= 11 is 0. The maximum atomic E-state index is 11.8. The molecule has 8 heteroatoms. The number of carbonyl (C=O) groups excluding carboxylic acids is 1. The predicted molar refractivity (Wildman–Crippen MR) is 124 cm³/mol. The number of hydrogen-bond acceptors (Lipinski definition) is 3. The number of aromatic nitrogens is 2. The number of aromatic amines is 1. The number of para-hydroxylation sites is 2. The van der Waals surface area contributed by atoms with Crippen LogP contribution in [0.1, 0.15) is 38.9 Å². The van der Waals surface area contributed by atoms with Gasteiger partial charge >= 0.3 is 0 Å². The fraction of sp³-hybridized carbons (Fsp3) is 0.550. The molecule has 1 aliphatic rings. The lowest BCUT2D eigenvalue weighted by molar-refractivity contribution is -0.129. The van der Waals surface area contributed by atoms with Gasteiger partial charge in [0.1, 0.15) is 5.82 Å². The van der Waals surface area contributed by atoms with E-state index < -0.39 is 0 Å². The Kier molecular flexibility index (Phi) is 9.01. The van der Waals surface area contributed by atoms with Crippen molar-refractivity contribution in [1.29, 1.82) is 0 Å².